The van der Waals surface area contributed by atoms with Crippen LogP contribution in [0.1, 0.15) is 0 Å². The number of hydrogen-bond acceptors (Lipinski definition) is 2. The lowest BCUT2D eigenvalue weighted by molar-refractivity contribution is -0.301. The molecule has 4 atom stereocenters. The lowest BCUT2D eigenvalue weighted by atomic mass is 9.88. The van der Waals surface area contributed by atoms with Gasteiger partial charge < -0.3 is 9.79 Å². The summed E-state index contributed by atoms with van der Waals surface area (Å²) < 4.78 is 140. The summed E-state index contributed by atoms with van der Waals surface area (Å²) in [5.74, 6) is -6.11. The summed E-state index contributed by atoms with van der Waals surface area (Å²) in [6.07, 6.45) is -24.7. The first-order valence-corrected chi connectivity index (χ1v) is 6.41. The monoisotopic (exact) mass is 376 g/mol. The summed E-state index contributed by atoms with van der Waals surface area (Å²) in [7, 11) is -6.52. The van der Waals surface area contributed by atoms with Gasteiger partial charge >= 0.3 is 7.82 Å². The van der Waals surface area contributed by atoms with Gasteiger partial charge in [0.15, 0.2) is 0 Å². The summed E-state index contributed by atoms with van der Waals surface area (Å²) in [6.45, 7) is 0. The molecule has 134 valence electrons. The molecule has 0 aromatic heterocycles. The first-order valence-electron chi connectivity index (χ1n) is 4.88. The Bertz CT molecular complexity index is 418. The van der Waals surface area contributed by atoms with E-state index in [1.165, 1.54) is 0 Å². The molecule has 0 fully saturated rings. The maximum atomic E-state index is 13.8. The topological polar surface area (TPSA) is 66.8 Å². The second-order valence-electron chi connectivity index (χ2n) is 3.77. The van der Waals surface area contributed by atoms with Gasteiger partial charge in [0.2, 0.25) is 12.3 Å². The molecule has 0 saturated heterocycles. The van der Waals surface area contributed by atoms with Crippen LogP contribution in [-0.2, 0) is 9.09 Å². The van der Waals surface area contributed by atoms with E-state index in [4.69, 9.17) is 9.79 Å². The molecule has 0 bridgehead atoms. The number of hydrogen-bond donors (Lipinski definition) is 2. The van der Waals surface area contributed by atoms with Gasteiger partial charge in [-0.3, -0.25) is 0 Å². The van der Waals surface area contributed by atoms with E-state index >= 15 is 0 Å². The van der Waals surface area contributed by atoms with E-state index in [0.717, 1.165) is 0 Å². The van der Waals surface area contributed by atoms with Crippen LogP contribution in [0.15, 0.2) is 0 Å². The fourth-order valence-corrected chi connectivity index (χ4v) is 1.89. The van der Waals surface area contributed by atoms with Crippen molar-refractivity contribution >= 4 is 7.82 Å². The average molecular weight is 376 g/mol. The van der Waals surface area contributed by atoms with Crippen molar-refractivity contribution < 1.29 is 62.8 Å². The van der Waals surface area contributed by atoms with Gasteiger partial charge in [0.25, 0.3) is 30.8 Å². The minimum Gasteiger partial charge on any atom is -0.303 e. The van der Waals surface area contributed by atoms with Crippen molar-refractivity contribution in [3.8, 4) is 0 Å². The van der Waals surface area contributed by atoms with Crippen molar-refractivity contribution in [1.29, 1.82) is 0 Å². The summed E-state index contributed by atoms with van der Waals surface area (Å²) >= 11 is 0. The molecule has 2 N–H and O–H groups in total. The summed E-state index contributed by atoms with van der Waals surface area (Å²) in [5.41, 5.74) is -6.14. The van der Waals surface area contributed by atoms with Crippen molar-refractivity contribution in [3.63, 3.8) is 0 Å². The Morgan fingerprint density at radius 3 is 1.41 bits per heavy atom. The smallest absolute Gasteiger partial charge is 0.303 e. The van der Waals surface area contributed by atoms with Crippen LogP contribution in [0.2, 0.25) is 0 Å². The number of rotatable bonds is 8. The Morgan fingerprint density at radius 1 is 0.818 bits per heavy atom. The number of alkyl halides is 10. The Labute approximate surface area is 115 Å². The highest BCUT2D eigenvalue weighted by Crippen LogP contribution is 2.54. The van der Waals surface area contributed by atoms with Crippen molar-refractivity contribution in [2.45, 2.75) is 43.1 Å². The van der Waals surface area contributed by atoms with Crippen LogP contribution < -0.4 is 0 Å². The van der Waals surface area contributed by atoms with Crippen molar-refractivity contribution in [1.82, 2.24) is 0 Å². The molecule has 4 unspecified atom stereocenters. The molecule has 0 aromatic rings. The van der Waals surface area contributed by atoms with Crippen molar-refractivity contribution in [2.24, 2.45) is 0 Å². The number of phosphoric acid groups is 1. The van der Waals surface area contributed by atoms with Gasteiger partial charge in [-0.2, -0.15) is 0 Å². The second kappa shape index (κ2) is 6.89. The van der Waals surface area contributed by atoms with Gasteiger partial charge in [0, 0.05) is 0 Å². The van der Waals surface area contributed by atoms with E-state index in [0.29, 0.717) is 0 Å². The predicted octanol–water partition coefficient (Wildman–Crippen LogP) is 2.94. The standard InChI is InChI=1S/C7H7F10O4P/c8-1(3(10)11)6(16,5(14)15)7(17,2(9)4(12)13)21-22(18,19)20/h1-5H,(H2,18,19,20). The lowest BCUT2D eigenvalue weighted by Crippen LogP contribution is -2.66. The third kappa shape index (κ3) is 4.03. The van der Waals surface area contributed by atoms with Gasteiger partial charge in [-0.05, 0) is 0 Å². The van der Waals surface area contributed by atoms with Crippen LogP contribution in [-0.4, -0.2) is 52.9 Å². The summed E-state index contributed by atoms with van der Waals surface area (Å²) in [4.78, 5) is 16.3. The molecular weight excluding hydrogens is 369 g/mol. The summed E-state index contributed by atoms with van der Waals surface area (Å²) in [5, 5.41) is 0. The quantitative estimate of drug-likeness (QED) is 0.505. The highest BCUT2D eigenvalue weighted by molar-refractivity contribution is 7.46. The minimum atomic E-state index is -6.52. The molecule has 0 saturated carbocycles. The number of halogens is 10. The van der Waals surface area contributed by atoms with E-state index in [-0.39, 0.29) is 0 Å². The maximum Gasteiger partial charge on any atom is 0.472 e. The first-order chi connectivity index (χ1) is 9.61. The normalized spacial score (nSPS) is 21.8. The van der Waals surface area contributed by atoms with Crippen LogP contribution in [0.3, 0.4) is 0 Å². The minimum absolute atomic E-state index is 2.56. The average Bonchev–Trinajstić information content (AvgIpc) is 2.32. The molecule has 0 spiro atoms. The Kier molecular flexibility index (Phi) is 6.70. The largest absolute Gasteiger partial charge is 0.472 e. The van der Waals surface area contributed by atoms with Crippen LogP contribution >= 0.6 is 7.82 Å². The Morgan fingerprint density at radius 2 is 1.18 bits per heavy atom. The van der Waals surface area contributed by atoms with E-state index in [9.17, 15) is 48.5 Å². The van der Waals surface area contributed by atoms with E-state index in [1.54, 1.807) is 0 Å². The van der Waals surface area contributed by atoms with Crippen LogP contribution in [0, 0.1) is 0 Å². The Balaban J connectivity index is 6.26. The van der Waals surface area contributed by atoms with E-state index in [1.807, 2.05) is 0 Å². The molecule has 0 aliphatic rings. The zero-order valence-electron chi connectivity index (χ0n) is 9.82. The fraction of sp³-hybridized carbons (Fsp3) is 1.00. The number of phosphoric ester groups is 1. The van der Waals surface area contributed by atoms with Gasteiger partial charge in [-0.25, -0.2) is 53.0 Å². The van der Waals surface area contributed by atoms with Gasteiger partial charge in [0.05, 0.1) is 0 Å². The molecule has 0 radical (unpaired) electrons. The third-order valence-corrected chi connectivity index (χ3v) is 2.79. The highest BCUT2D eigenvalue weighted by Gasteiger charge is 2.75. The molecule has 22 heavy (non-hydrogen) atoms. The highest BCUT2D eigenvalue weighted by atomic mass is 31.2. The lowest BCUT2D eigenvalue weighted by Gasteiger charge is -2.40. The molecule has 4 nitrogen and oxygen atoms in total. The molecule has 0 aromatic carbocycles. The van der Waals surface area contributed by atoms with Gasteiger partial charge in [-0.15, -0.1) is 0 Å². The predicted molar refractivity (Wildman–Crippen MR) is 48.6 cm³/mol. The Hall–Kier alpha value is -0.590. The molecule has 0 aliphatic heterocycles. The van der Waals surface area contributed by atoms with Gasteiger partial charge in [-0.1, -0.05) is 0 Å². The fourth-order valence-electron chi connectivity index (χ4n) is 1.31. The van der Waals surface area contributed by atoms with Crippen molar-refractivity contribution in [2.75, 3.05) is 0 Å². The SMILES string of the molecule is O=P(O)(O)OC(F)(C(F)C(F)F)C(F)(C(F)F)C(F)C(F)F. The van der Waals surface area contributed by atoms with Gasteiger partial charge in [0.1, 0.15) is 0 Å². The first kappa shape index (κ1) is 21.4. The van der Waals surface area contributed by atoms with E-state index in [2.05, 4.69) is 4.52 Å². The second-order valence-corrected chi connectivity index (χ2v) is 4.93. The zero-order valence-corrected chi connectivity index (χ0v) is 10.7. The van der Waals surface area contributed by atoms with Crippen molar-refractivity contribution in [3.05, 3.63) is 0 Å². The molecule has 15 heteroatoms. The van der Waals surface area contributed by atoms with Crippen LogP contribution in [0.5, 0.6) is 0 Å². The molecule has 0 amide bonds. The molecular formula is C7H7F10O4P. The third-order valence-electron chi connectivity index (χ3n) is 2.29. The molecule has 0 aliphatic carbocycles. The zero-order chi connectivity index (χ0) is 18.1. The van der Waals surface area contributed by atoms with Crippen LogP contribution in [0.4, 0.5) is 43.9 Å². The summed E-state index contributed by atoms with van der Waals surface area (Å²) in [6, 6.07) is 0. The molecule has 0 heterocycles. The van der Waals surface area contributed by atoms with E-state index < -0.39 is 51.0 Å². The molecule has 0 rings (SSSR count). The maximum absolute atomic E-state index is 13.8. The van der Waals surface area contributed by atoms with Crippen LogP contribution in [0.25, 0.3) is 0 Å².